The van der Waals surface area contributed by atoms with E-state index < -0.39 is 0 Å². The zero-order chi connectivity index (χ0) is 11.5. The fourth-order valence-electron chi connectivity index (χ4n) is 1.28. The maximum absolute atomic E-state index is 8.57. The predicted octanol–water partition coefficient (Wildman–Crippen LogP) is 4.18. The van der Waals surface area contributed by atoms with Crippen molar-refractivity contribution < 1.29 is 0 Å². The van der Waals surface area contributed by atoms with Gasteiger partial charge in [0.1, 0.15) is 5.01 Å². The van der Waals surface area contributed by atoms with Gasteiger partial charge in [0.2, 0.25) is 0 Å². The Morgan fingerprint density at radius 2 is 2.19 bits per heavy atom. The van der Waals surface area contributed by atoms with Gasteiger partial charge in [-0.05, 0) is 18.2 Å². The number of nitriles is 1. The Labute approximate surface area is 107 Å². The summed E-state index contributed by atoms with van der Waals surface area (Å²) in [5, 5.41) is 12.5. The summed E-state index contributed by atoms with van der Waals surface area (Å²) < 4.78 is 0. The monoisotopic (exact) mass is 268 g/mol. The normalized spacial score (nSPS) is 10.1. The average Bonchev–Trinajstić information content (AvgIpc) is 2.71. The quantitative estimate of drug-likeness (QED) is 0.819. The van der Waals surface area contributed by atoms with Crippen molar-refractivity contribution in [2.24, 2.45) is 0 Å². The molecule has 0 aliphatic carbocycles. The van der Waals surface area contributed by atoms with Gasteiger partial charge < -0.3 is 0 Å². The lowest BCUT2D eigenvalue weighted by atomic mass is 10.2. The molecule has 0 fully saturated rings. The Morgan fingerprint density at radius 3 is 2.94 bits per heavy atom. The average molecular weight is 269 g/mol. The molecule has 2 aromatic rings. The van der Waals surface area contributed by atoms with Gasteiger partial charge in [0.05, 0.1) is 23.2 Å². The molecule has 80 valence electrons. The highest BCUT2D eigenvalue weighted by molar-refractivity contribution is 7.10. The number of hydrogen-bond donors (Lipinski definition) is 0. The van der Waals surface area contributed by atoms with Gasteiger partial charge in [-0.1, -0.05) is 23.2 Å². The minimum atomic E-state index is 0.322. The smallest absolute Gasteiger partial charge is 0.107 e. The first-order valence-electron chi connectivity index (χ1n) is 4.47. The van der Waals surface area contributed by atoms with Gasteiger partial charge in [-0.15, -0.1) is 11.3 Å². The van der Waals surface area contributed by atoms with Crippen LogP contribution in [0.1, 0.15) is 5.01 Å². The predicted molar refractivity (Wildman–Crippen MR) is 66.9 cm³/mol. The van der Waals surface area contributed by atoms with Crippen LogP contribution >= 0.6 is 34.5 Å². The van der Waals surface area contributed by atoms with Crippen LogP contribution in [0.15, 0.2) is 23.6 Å². The molecule has 0 aliphatic rings. The first kappa shape index (κ1) is 11.4. The SMILES string of the molecule is N#CCc1nc(-c2cc(Cl)ccc2Cl)cs1. The molecule has 0 N–H and O–H groups in total. The van der Waals surface area contributed by atoms with E-state index in [1.807, 2.05) is 5.38 Å². The first-order chi connectivity index (χ1) is 7.70. The standard InChI is InChI=1S/C11H6Cl2N2S/c12-7-1-2-9(13)8(5-7)10-6-16-11(15-10)3-4-14/h1-2,5-6H,3H2. The molecule has 0 spiro atoms. The second-order valence-corrected chi connectivity index (χ2v) is 4.87. The van der Waals surface area contributed by atoms with Gasteiger partial charge in [-0.3, -0.25) is 0 Å². The second-order valence-electron chi connectivity index (χ2n) is 3.09. The fourth-order valence-corrected chi connectivity index (χ4v) is 2.39. The van der Waals surface area contributed by atoms with Gasteiger partial charge in [-0.25, -0.2) is 4.98 Å². The third-order valence-corrected chi connectivity index (χ3v) is 3.40. The Morgan fingerprint density at radius 1 is 1.38 bits per heavy atom. The molecule has 1 aromatic carbocycles. The van der Waals surface area contributed by atoms with E-state index in [-0.39, 0.29) is 0 Å². The summed E-state index contributed by atoms with van der Waals surface area (Å²) in [7, 11) is 0. The maximum atomic E-state index is 8.57. The Hall–Kier alpha value is -1.08. The van der Waals surface area contributed by atoms with Gasteiger partial charge >= 0.3 is 0 Å². The van der Waals surface area contributed by atoms with E-state index in [0.717, 1.165) is 16.3 Å². The van der Waals surface area contributed by atoms with Crippen LogP contribution in [0.25, 0.3) is 11.3 Å². The van der Waals surface area contributed by atoms with Crippen LogP contribution in [0.5, 0.6) is 0 Å². The van der Waals surface area contributed by atoms with Gasteiger partial charge in [0.25, 0.3) is 0 Å². The number of rotatable bonds is 2. The highest BCUT2D eigenvalue weighted by atomic mass is 35.5. The molecule has 0 aliphatic heterocycles. The Balaban J connectivity index is 2.42. The zero-order valence-electron chi connectivity index (χ0n) is 8.08. The van der Waals surface area contributed by atoms with Crippen molar-refractivity contribution in [3.05, 3.63) is 38.6 Å². The summed E-state index contributed by atoms with van der Waals surface area (Å²) in [6.07, 6.45) is 0.322. The number of halogens is 2. The number of aromatic nitrogens is 1. The lowest BCUT2D eigenvalue weighted by Gasteiger charge is -2.00. The molecule has 1 aromatic heterocycles. The number of nitrogens with zero attached hydrogens (tertiary/aromatic N) is 2. The molecule has 0 unspecified atom stereocenters. The first-order valence-corrected chi connectivity index (χ1v) is 6.11. The molecule has 1 heterocycles. The van der Waals surface area contributed by atoms with Crippen molar-refractivity contribution in [2.75, 3.05) is 0 Å². The van der Waals surface area contributed by atoms with E-state index in [9.17, 15) is 0 Å². The van der Waals surface area contributed by atoms with Crippen molar-refractivity contribution >= 4 is 34.5 Å². The number of hydrogen-bond acceptors (Lipinski definition) is 3. The van der Waals surface area contributed by atoms with Crippen molar-refractivity contribution in [2.45, 2.75) is 6.42 Å². The number of benzene rings is 1. The van der Waals surface area contributed by atoms with E-state index in [0.29, 0.717) is 16.5 Å². The van der Waals surface area contributed by atoms with Crippen LogP contribution in [0.2, 0.25) is 10.0 Å². The van der Waals surface area contributed by atoms with E-state index in [1.165, 1.54) is 11.3 Å². The molecule has 2 rings (SSSR count). The summed E-state index contributed by atoms with van der Waals surface area (Å²) >= 11 is 13.4. The molecular formula is C11H6Cl2N2S. The Bertz CT molecular complexity index is 557. The van der Waals surface area contributed by atoms with Crippen LogP contribution in [0.4, 0.5) is 0 Å². The number of thiazole rings is 1. The van der Waals surface area contributed by atoms with E-state index in [2.05, 4.69) is 11.1 Å². The van der Waals surface area contributed by atoms with Crippen molar-refractivity contribution in [1.82, 2.24) is 4.98 Å². The van der Waals surface area contributed by atoms with Crippen molar-refractivity contribution in [3.63, 3.8) is 0 Å². The molecule has 0 atom stereocenters. The van der Waals surface area contributed by atoms with E-state index in [1.54, 1.807) is 18.2 Å². The highest BCUT2D eigenvalue weighted by Crippen LogP contribution is 2.31. The topological polar surface area (TPSA) is 36.7 Å². The molecule has 0 saturated heterocycles. The summed E-state index contributed by atoms with van der Waals surface area (Å²) in [5.74, 6) is 0. The maximum Gasteiger partial charge on any atom is 0.107 e. The van der Waals surface area contributed by atoms with Crippen LogP contribution in [-0.4, -0.2) is 4.98 Å². The van der Waals surface area contributed by atoms with Crippen LogP contribution in [0, 0.1) is 11.3 Å². The van der Waals surface area contributed by atoms with Gasteiger partial charge in [0, 0.05) is 16.0 Å². The minimum absolute atomic E-state index is 0.322. The zero-order valence-corrected chi connectivity index (χ0v) is 10.4. The van der Waals surface area contributed by atoms with E-state index >= 15 is 0 Å². The lowest BCUT2D eigenvalue weighted by Crippen LogP contribution is -1.82. The molecule has 0 radical (unpaired) electrons. The molecule has 0 bridgehead atoms. The fraction of sp³-hybridized carbons (Fsp3) is 0.0909. The molecule has 2 nitrogen and oxygen atoms in total. The molecule has 0 saturated carbocycles. The molecular weight excluding hydrogens is 263 g/mol. The highest BCUT2D eigenvalue weighted by Gasteiger charge is 2.08. The minimum Gasteiger partial charge on any atom is -0.240 e. The summed E-state index contributed by atoms with van der Waals surface area (Å²) in [5.41, 5.74) is 1.57. The van der Waals surface area contributed by atoms with Crippen LogP contribution < -0.4 is 0 Å². The molecule has 16 heavy (non-hydrogen) atoms. The summed E-state index contributed by atoms with van der Waals surface area (Å²) in [6, 6.07) is 7.31. The van der Waals surface area contributed by atoms with Crippen molar-refractivity contribution in [3.8, 4) is 17.3 Å². The molecule has 0 amide bonds. The van der Waals surface area contributed by atoms with E-state index in [4.69, 9.17) is 28.5 Å². The third-order valence-electron chi connectivity index (χ3n) is 1.99. The second kappa shape index (κ2) is 4.84. The van der Waals surface area contributed by atoms with Gasteiger partial charge in [0.15, 0.2) is 0 Å². The molecule has 5 heteroatoms. The van der Waals surface area contributed by atoms with Gasteiger partial charge in [-0.2, -0.15) is 5.26 Å². The van der Waals surface area contributed by atoms with Crippen LogP contribution in [0.3, 0.4) is 0 Å². The lowest BCUT2D eigenvalue weighted by molar-refractivity contribution is 1.19. The van der Waals surface area contributed by atoms with Crippen molar-refractivity contribution in [1.29, 1.82) is 5.26 Å². The van der Waals surface area contributed by atoms with Crippen LogP contribution in [-0.2, 0) is 6.42 Å². The summed E-state index contributed by atoms with van der Waals surface area (Å²) in [4.78, 5) is 4.33. The third kappa shape index (κ3) is 2.35. The summed E-state index contributed by atoms with van der Waals surface area (Å²) in [6.45, 7) is 0. The Kier molecular flexibility index (Phi) is 3.45. The largest absolute Gasteiger partial charge is 0.240 e.